The van der Waals surface area contributed by atoms with Crippen LogP contribution >= 0.6 is 27.3 Å². The number of hydrogen-bond acceptors (Lipinski definition) is 12. The fourth-order valence-electron chi connectivity index (χ4n) is 6.13. The van der Waals surface area contributed by atoms with Crippen LogP contribution in [0.3, 0.4) is 0 Å². The molecule has 1 aromatic carbocycles. The number of aromatic nitrogens is 5. The molecule has 0 aliphatic rings. The number of carbonyl (C=O) groups excluding carboxylic acids is 2. The molecule has 0 spiro atoms. The Kier molecular flexibility index (Phi) is 22.4. The van der Waals surface area contributed by atoms with E-state index in [1.165, 1.54) is 79.4 Å². The topological polar surface area (TPSA) is 173 Å². The van der Waals surface area contributed by atoms with Crippen molar-refractivity contribution >= 4 is 72.1 Å². The number of benzene rings is 1. The Labute approximate surface area is 363 Å². The van der Waals surface area contributed by atoms with Gasteiger partial charge in [-0.05, 0) is 21.5 Å². The van der Waals surface area contributed by atoms with E-state index in [0.29, 0.717) is 17.6 Å². The molecule has 0 aliphatic heterocycles. The number of unbranched alkanes of at least 4 members (excludes halogenated alkanes) is 3. The van der Waals surface area contributed by atoms with Gasteiger partial charge in [-0.15, -0.1) is 10.2 Å². The van der Waals surface area contributed by atoms with Gasteiger partial charge < -0.3 is 19.2 Å². The standard InChI is InChI=1S/C22H19BrN6O6S.C6H6NO.3C4H9.C2H6.Sn/c1-13(30)25-17-7-8-24-29(17)22-28-27-21(36-22)26-19(31)16-11-15(23)18(20(32)35-16)34-10-9-33-12-14-5-3-2-4-6-14;1-8-6-3-2-4-7-5-6;3*1-3-4-2;1-2;/h2-8,11H,9-10,12H2,1H3,(H,25,30)(H,26,27,31);2-4H,1H3;3*1,3-4H2,2H3;1-2H3;. The molecule has 0 bridgehead atoms. The number of methoxy groups -OCH3 is 1. The monoisotopic (exact) mass is 1000 g/mol. The number of nitrogens with zero attached hydrogens (tertiary/aromatic N) is 5. The van der Waals surface area contributed by atoms with E-state index in [0.717, 1.165) is 22.6 Å². The molecule has 5 aromatic rings. The summed E-state index contributed by atoms with van der Waals surface area (Å²) in [7, 11) is 1.80. The van der Waals surface area contributed by atoms with Crippen molar-refractivity contribution in [3.63, 3.8) is 0 Å². The number of pyridine rings is 1. The van der Waals surface area contributed by atoms with Crippen LogP contribution in [0, 0.1) is 0 Å². The van der Waals surface area contributed by atoms with Crippen LogP contribution in [0.5, 0.6) is 11.5 Å². The number of ether oxygens (including phenoxy) is 3. The summed E-state index contributed by atoms with van der Waals surface area (Å²) in [5.41, 5.74) is 0.195. The molecule has 320 valence electrons. The van der Waals surface area contributed by atoms with Crippen LogP contribution in [-0.4, -0.2) is 75.5 Å². The number of hydrogen-bond donors (Lipinski definition) is 2. The van der Waals surface area contributed by atoms with Crippen LogP contribution in [-0.2, 0) is 16.1 Å². The van der Waals surface area contributed by atoms with Crippen LogP contribution in [0.25, 0.3) is 5.13 Å². The maximum absolute atomic E-state index is 12.6. The average molecular weight is 1000 g/mol. The Morgan fingerprint density at radius 1 is 0.898 bits per heavy atom. The zero-order valence-corrected chi connectivity index (χ0v) is 40.5. The molecule has 0 fully saturated rings. The van der Waals surface area contributed by atoms with Gasteiger partial charge >= 0.3 is 141 Å². The molecule has 0 radical (unpaired) electrons. The summed E-state index contributed by atoms with van der Waals surface area (Å²) in [4.78, 5) is 41.2. The number of rotatable bonds is 21. The van der Waals surface area contributed by atoms with Crippen molar-refractivity contribution in [3.05, 3.63) is 93.2 Å². The summed E-state index contributed by atoms with van der Waals surface area (Å²) in [6.45, 7) is 13.1. The van der Waals surface area contributed by atoms with Crippen molar-refractivity contribution in [3.8, 4) is 16.6 Å². The molecule has 2 N–H and O–H groups in total. The van der Waals surface area contributed by atoms with Gasteiger partial charge in [0, 0.05) is 19.1 Å². The first kappa shape index (κ1) is 49.2. The zero-order valence-electron chi connectivity index (χ0n) is 35.2. The Balaban J connectivity index is 0.000000346. The number of anilines is 2. The van der Waals surface area contributed by atoms with Crippen LogP contribution in [0.1, 0.15) is 96.2 Å². The zero-order chi connectivity index (χ0) is 43.0. The predicted octanol–water partition coefficient (Wildman–Crippen LogP) is 9.42. The molecule has 2 amide bonds. The van der Waals surface area contributed by atoms with E-state index >= 15 is 0 Å². The van der Waals surface area contributed by atoms with Crippen molar-refractivity contribution in [2.45, 2.75) is 100.0 Å². The van der Waals surface area contributed by atoms with E-state index < -0.39 is 29.9 Å². The van der Waals surface area contributed by atoms with Gasteiger partial charge in [0.1, 0.15) is 12.4 Å². The van der Waals surface area contributed by atoms with Gasteiger partial charge in [0.2, 0.25) is 21.9 Å². The molecule has 59 heavy (non-hydrogen) atoms. The quantitative estimate of drug-likeness (QED) is 0.0530. The van der Waals surface area contributed by atoms with Gasteiger partial charge in [-0.1, -0.05) is 55.5 Å². The van der Waals surface area contributed by atoms with Crippen molar-refractivity contribution < 1.29 is 28.2 Å². The van der Waals surface area contributed by atoms with Crippen LogP contribution in [0.15, 0.2) is 80.7 Å². The van der Waals surface area contributed by atoms with E-state index in [-0.39, 0.29) is 40.2 Å². The summed E-state index contributed by atoms with van der Waals surface area (Å²) in [6.07, 6.45) is 11.4. The van der Waals surface area contributed by atoms with E-state index in [1.807, 2.05) is 56.4 Å². The molecule has 0 saturated carbocycles. The molecule has 4 aromatic heterocycles. The molecule has 14 nitrogen and oxygen atoms in total. The Bertz CT molecular complexity index is 2040. The van der Waals surface area contributed by atoms with Gasteiger partial charge in [0.25, 0.3) is 5.91 Å². The van der Waals surface area contributed by atoms with Crippen molar-refractivity contribution in [1.82, 2.24) is 25.0 Å². The molecule has 17 heteroatoms. The van der Waals surface area contributed by atoms with Crippen molar-refractivity contribution in [2.24, 2.45) is 0 Å². The summed E-state index contributed by atoms with van der Waals surface area (Å²) in [5.74, 6) is 0.147. The molecular weight excluding hydrogens is 945 g/mol. The SMILES string of the molecule is CC.CC(=O)Nc1ccnn1-c1nnc(NC(=O)c2cc(Br)c(OCCOCc3ccccc3)c(=O)o2)s1.CCC[CH2][Sn]([CH2]CCC)([CH2]CCC)[c]1ncccc1OC. The first-order valence-electron chi connectivity index (χ1n) is 20.2. The molecule has 4 heterocycles. The van der Waals surface area contributed by atoms with E-state index in [2.05, 4.69) is 68.7 Å². The van der Waals surface area contributed by atoms with Crippen LogP contribution in [0.4, 0.5) is 10.9 Å². The summed E-state index contributed by atoms with van der Waals surface area (Å²) >= 11 is 1.82. The molecule has 5 rings (SSSR count). The molecular formula is C42H58BrN7O7SSn. The summed E-state index contributed by atoms with van der Waals surface area (Å²) in [5, 5.41) is 17.5. The Hall–Kier alpha value is -4.13. The second-order valence-electron chi connectivity index (χ2n) is 13.3. The van der Waals surface area contributed by atoms with Crippen LogP contribution in [0.2, 0.25) is 13.3 Å². The number of nitrogens with one attached hydrogen (secondary N) is 2. The second kappa shape index (κ2) is 26.9. The van der Waals surface area contributed by atoms with Gasteiger partial charge in [0.15, 0.2) is 5.76 Å². The normalized spacial score (nSPS) is 10.8. The third-order valence-electron chi connectivity index (χ3n) is 8.95. The minimum absolute atomic E-state index is 0.0720. The second-order valence-corrected chi connectivity index (χ2v) is 28.0. The van der Waals surface area contributed by atoms with E-state index in [9.17, 15) is 14.4 Å². The van der Waals surface area contributed by atoms with E-state index in [4.69, 9.17) is 23.6 Å². The molecule has 0 saturated heterocycles. The first-order valence-corrected chi connectivity index (χ1v) is 29.3. The summed E-state index contributed by atoms with van der Waals surface area (Å²) < 4.78 is 29.2. The van der Waals surface area contributed by atoms with Crippen molar-refractivity contribution in [1.29, 1.82) is 0 Å². The van der Waals surface area contributed by atoms with Crippen LogP contribution < -0.4 is 29.4 Å². The van der Waals surface area contributed by atoms with Gasteiger partial charge in [-0.3, -0.25) is 14.9 Å². The van der Waals surface area contributed by atoms with Gasteiger partial charge in [-0.25, -0.2) is 4.79 Å². The minimum atomic E-state index is -2.43. The number of carbonyl (C=O) groups is 2. The van der Waals surface area contributed by atoms with E-state index in [1.54, 1.807) is 13.2 Å². The predicted molar refractivity (Wildman–Crippen MR) is 240 cm³/mol. The maximum atomic E-state index is 12.6. The van der Waals surface area contributed by atoms with Crippen molar-refractivity contribution in [2.75, 3.05) is 31.0 Å². The number of halogens is 1. The Morgan fingerprint density at radius 3 is 2.19 bits per heavy atom. The average Bonchev–Trinajstić information content (AvgIpc) is 3.91. The van der Waals surface area contributed by atoms with Gasteiger partial charge in [0.05, 0.1) is 23.9 Å². The van der Waals surface area contributed by atoms with Gasteiger partial charge in [-0.2, -0.15) is 9.78 Å². The fourth-order valence-corrected chi connectivity index (χ4v) is 23.3. The summed E-state index contributed by atoms with van der Waals surface area (Å²) in [6, 6.07) is 16.7. The molecule has 0 atom stereocenters. The molecule has 0 unspecified atom stereocenters. The first-order chi connectivity index (χ1) is 28.6. The molecule has 0 aliphatic carbocycles. The third kappa shape index (κ3) is 15.4. The number of amides is 2. The third-order valence-corrected chi connectivity index (χ3v) is 25.5. The Morgan fingerprint density at radius 2 is 1.58 bits per heavy atom. The fraction of sp³-hybridized carbons (Fsp3) is 0.452.